The summed E-state index contributed by atoms with van der Waals surface area (Å²) in [6.45, 7) is 4.02. The number of anilines is 1. The van der Waals surface area contributed by atoms with E-state index in [4.69, 9.17) is 4.74 Å². The molecule has 132 valence electrons. The van der Waals surface area contributed by atoms with Crippen molar-refractivity contribution < 1.29 is 9.53 Å². The molecule has 1 aliphatic heterocycles. The number of nitrogens with one attached hydrogen (secondary N) is 1. The lowest BCUT2D eigenvalue weighted by Gasteiger charge is -2.28. The number of rotatable bonds is 3. The van der Waals surface area contributed by atoms with Crippen molar-refractivity contribution in [2.24, 2.45) is 0 Å². The van der Waals surface area contributed by atoms with Gasteiger partial charge in [-0.25, -0.2) is 0 Å². The van der Waals surface area contributed by atoms with E-state index in [1.54, 1.807) is 0 Å². The van der Waals surface area contributed by atoms with Crippen molar-refractivity contribution in [3.05, 3.63) is 70.2 Å². The molecule has 0 saturated carbocycles. The summed E-state index contributed by atoms with van der Waals surface area (Å²) in [5.74, 6) is 0.939. The number of ether oxygens (including phenoxy) is 1. The molecule has 26 heavy (non-hydrogen) atoms. The molecule has 0 bridgehead atoms. The predicted octanol–water partition coefficient (Wildman–Crippen LogP) is 5.86. The average Bonchev–Trinajstić information content (AvgIpc) is 2.62. The van der Waals surface area contributed by atoms with Crippen molar-refractivity contribution in [2.45, 2.75) is 32.3 Å². The third kappa shape index (κ3) is 3.10. The summed E-state index contributed by atoms with van der Waals surface area (Å²) in [5, 5.41) is 5.25. The van der Waals surface area contributed by atoms with Crippen molar-refractivity contribution >= 4 is 38.3 Å². The molecule has 1 aliphatic rings. The monoisotopic (exact) mass is 409 g/mol. The van der Waals surface area contributed by atoms with Gasteiger partial charge in [0.1, 0.15) is 5.75 Å². The van der Waals surface area contributed by atoms with Gasteiger partial charge in [-0.1, -0.05) is 52.3 Å². The highest BCUT2D eigenvalue weighted by Gasteiger charge is 2.28. The van der Waals surface area contributed by atoms with Crippen LogP contribution in [0.3, 0.4) is 0 Å². The smallest absolute Gasteiger partial charge is 0.225 e. The highest BCUT2D eigenvalue weighted by atomic mass is 79.9. The van der Waals surface area contributed by atoms with Gasteiger partial charge in [0, 0.05) is 22.2 Å². The second-order valence-corrected chi connectivity index (χ2v) is 7.76. The molecule has 4 heteroatoms. The maximum absolute atomic E-state index is 12.4. The Morgan fingerprint density at radius 2 is 1.77 bits per heavy atom. The van der Waals surface area contributed by atoms with Crippen LogP contribution in [0.5, 0.6) is 5.75 Å². The summed E-state index contributed by atoms with van der Waals surface area (Å²) in [4.78, 5) is 12.4. The van der Waals surface area contributed by atoms with Crippen LogP contribution in [0.15, 0.2) is 59.1 Å². The fourth-order valence-corrected chi connectivity index (χ4v) is 4.19. The van der Waals surface area contributed by atoms with Gasteiger partial charge in [-0.15, -0.1) is 0 Å². The van der Waals surface area contributed by atoms with Crippen LogP contribution in [-0.4, -0.2) is 12.0 Å². The predicted molar refractivity (Wildman–Crippen MR) is 109 cm³/mol. The zero-order chi connectivity index (χ0) is 18.3. The van der Waals surface area contributed by atoms with Crippen molar-refractivity contribution in [1.82, 2.24) is 0 Å². The summed E-state index contributed by atoms with van der Waals surface area (Å²) in [5.41, 5.74) is 3.19. The van der Waals surface area contributed by atoms with E-state index >= 15 is 0 Å². The second kappa shape index (κ2) is 6.76. The van der Waals surface area contributed by atoms with Crippen molar-refractivity contribution in [3.63, 3.8) is 0 Å². The van der Waals surface area contributed by atoms with Gasteiger partial charge in [0.2, 0.25) is 5.91 Å². The molecule has 1 heterocycles. The van der Waals surface area contributed by atoms with Gasteiger partial charge < -0.3 is 10.1 Å². The summed E-state index contributed by atoms with van der Waals surface area (Å²) in [6.07, 6.45) is 0.590. The van der Waals surface area contributed by atoms with E-state index < -0.39 is 0 Å². The van der Waals surface area contributed by atoms with Crippen LogP contribution in [0.4, 0.5) is 5.69 Å². The number of hydrogen-bond acceptors (Lipinski definition) is 2. The third-order valence-electron chi connectivity index (χ3n) is 4.71. The van der Waals surface area contributed by atoms with E-state index in [-0.39, 0.29) is 17.9 Å². The van der Waals surface area contributed by atoms with Gasteiger partial charge in [0.05, 0.1) is 11.8 Å². The van der Waals surface area contributed by atoms with E-state index in [1.165, 1.54) is 0 Å². The molecule has 0 saturated heterocycles. The van der Waals surface area contributed by atoms with Gasteiger partial charge in [0.15, 0.2) is 0 Å². The molecule has 3 aromatic carbocycles. The molecule has 3 nitrogen and oxygen atoms in total. The molecule has 4 rings (SSSR count). The quantitative estimate of drug-likeness (QED) is 0.587. The largest absolute Gasteiger partial charge is 0.491 e. The Bertz CT molecular complexity index is 979. The lowest BCUT2D eigenvalue weighted by molar-refractivity contribution is -0.116. The fourth-order valence-electron chi connectivity index (χ4n) is 3.60. The van der Waals surface area contributed by atoms with Crippen LogP contribution in [0.1, 0.15) is 37.3 Å². The molecule has 1 amide bonds. The van der Waals surface area contributed by atoms with E-state index in [0.29, 0.717) is 6.42 Å². The Morgan fingerprint density at radius 1 is 1.08 bits per heavy atom. The normalized spacial score (nSPS) is 16.5. The molecule has 0 radical (unpaired) electrons. The molecule has 3 aromatic rings. The van der Waals surface area contributed by atoms with Crippen LogP contribution in [-0.2, 0) is 4.79 Å². The topological polar surface area (TPSA) is 38.3 Å². The van der Waals surface area contributed by atoms with Gasteiger partial charge in [-0.05, 0) is 48.6 Å². The summed E-state index contributed by atoms with van der Waals surface area (Å²) >= 11 is 3.70. The fraction of sp³-hybridized carbons (Fsp3) is 0.227. The average molecular weight is 410 g/mol. The third-order valence-corrected chi connectivity index (χ3v) is 5.36. The van der Waals surface area contributed by atoms with Crippen molar-refractivity contribution in [1.29, 1.82) is 0 Å². The zero-order valence-electron chi connectivity index (χ0n) is 14.8. The maximum Gasteiger partial charge on any atom is 0.225 e. The molecule has 1 atom stereocenters. The Labute approximate surface area is 161 Å². The van der Waals surface area contributed by atoms with Crippen LogP contribution in [0, 0.1) is 0 Å². The minimum Gasteiger partial charge on any atom is -0.491 e. The molecular weight excluding hydrogens is 390 g/mol. The van der Waals surface area contributed by atoms with Crippen molar-refractivity contribution in [2.75, 3.05) is 5.32 Å². The van der Waals surface area contributed by atoms with E-state index in [0.717, 1.165) is 37.8 Å². The standard InChI is InChI=1S/C22H20BrNO2/c1-13(2)26-15-9-7-14(8-10-15)18-12-21(25)24-22-17-6-4-3-5-16(17)20(23)11-19(18)22/h3-11,13,18H,12H2,1-2H3,(H,24,25). The van der Waals surface area contributed by atoms with Gasteiger partial charge in [-0.3, -0.25) is 4.79 Å². The first-order valence-electron chi connectivity index (χ1n) is 8.80. The zero-order valence-corrected chi connectivity index (χ0v) is 16.3. The number of benzene rings is 3. The van der Waals surface area contributed by atoms with Gasteiger partial charge in [-0.2, -0.15) is 0 Å². The number of carbonyl (C=O) groups excluding carboxylic acids is 1. The van der Waals surface area contributed by atoms with Crippen LogP contribution < -0.4 is 10.1 Å². The Hall–Kier alpha value is -2.33. The minimum absolute atomic E-state index is 0.0350. The molecule has 0 aliphatic carbocycles. The summed E-state index contributed by atoms with van der Waals surface area (Å²) in [7, 11) is 0. The Morgan fingerprint density at radius 3 is 2.46 bits per heavy atom. The molecular formula is C22H20BrNO2. The van der Waals surface area contributed by atoms with E-state index in [2.05, 4.69) is 51.6 Å². The number of halogens is 1. The highest BCUT2D eigenvalue weighted by Crippen LogP contribution is 2.43. The first-order valence-corrected chi connectivity index (χ1v) is 9.60. The number of carbonyl (C=O) groups is 1. The first kappa shape index (κ1) is 17.1. The summed E-state index contributed by atoms with van der Waals surface area (Å²) in [6, 6.07) is 18.4. The Balaban J connectivity index is 1.81. The minimum atomic E-state index is 0.0350. The number of hydrogen-bond donors (Lipinski definition) is 1. The summed E-state index contributed by atoms with van der Waals surface area (Å²) < 4.78 is 6.79. The Kier molecular flexibility index (Phi) is 4.45. The lowest BCUT2D eigenvalue weighted by Crippen LogP contribution is -2.23. The van der Waals surface area contributed by atoms with E-state index in [9.17, 15) is 4.79 Å². The van der Waals surface area contributed by atoms with Gasteiger partial charge >= 0.3 is 0 Å². The second-order valence-electron chi connectivity index (χ2n) is 6.91. The van der Waals surface area contributed by atoms with Crippen LogP contribution in [0.2, 0.25) is 0 Å². The van der Waals surface area contributed by atoms with Crippen LogP contribution in [0.25, 0.3) is 10.8 Å². The molecule has 1 unspecified atom stereocenters. The lowest BCUT2D eigenvalue weighted by atomic mass is 9.83. The van der Waals surface area contributed by atoms with Crippen molar-refractivity contribution in [3.8, 4) is 5.75 Å². The maximum atomic E-state index is 12.4. The van der Waals surface area contributed by atoms with Crippen LogP contribution >= 0.6 is 15.9 Å². The molecule has 0 spiro atoms. The highest BCUT2D eigenvalue weighted by molar-refractivity contribution is 9.10. The number of fused-ring (bicyclic) bond motifs is 3. The van der Waals surface area contributed by atoms with E-state index in [1.807, 2.05) is 38.1 Å². The SMILES string of the molecule is CC(C)Oc1ccc(C2CC(=O)Nc3c2cc(Br)c2ccccc32)cc1. The molecule has 0 fully saturated rings. The number of amides is 1. The first-order chi connectivity index (χ1) is 12.5. The van der Waals surface area contributed by atoms with Gasteiger partial charge in [0.25, 0.3) is 0 Å². The molecule has 1 N–H and O–H groups in total. The molecule has 0 aromatic heterocycles.